The number of hydrogen-bond donors (Lipinski definition) is 2. The number of hydrogen-bond acceptors (Lipinski definition) is 6. The van der Waals surface area contributed by atoms with E-state index < -0.39 is 12.0 Å². The second kappa shape index (κ2) is 9.06. The molecular weight excluding hydrogens is 392 g/mol. The van der Waals surface area contributed by atoms with E-state index in [4.69, 9.17) is 0 Å². The second-order valence-electron chi connectivity index (χ2n) is 7.69. The minimum absolute atomic E-state index is 0.0645. The molecule has 2 aromatic carbocycles. The molecule has 1 aliphatic rings. The summed E-state index contributed by atoms with van der Waals surface area (Å²) in [7, 11) is 0. The molecule has 1 fully saturated rings. The van der Waals surface area contributed by atoms with Crippen LogP contribution in [0.1, 0.15) is 38.1 Å². The first-order valence-corrected chi connectivity index (χ1v) is 10.2. The van der Waals surface area contributed by atoms with E-state index in [1.807, 2.05) is 54.3 Å². The highest BCUT2D eigenvalue weighted by atomic mass is 16.3. The van der Waals surface area contributed by atoms with Crippen molar-refractivity contribution in [2.45, 2.75) is 13.0 Å². The number of aromatic nitrogens is 2. The molecule has 1 unspecified atom stereocenters. The third-order valence-electron chi connectivity index (χ3n) is 5.51. The van der Waals surface area contributed by atoms with Gasteiger partial charge in [-0.05, 0) is 30.2 Å². The van der Waals surface area contributed by atoms with E-state index in [1.165, 1.54) is 0 Å². The van der Waals surface area contributed by atoms with Crippen LogP contribution in [0.4, 0.5) is 5.82 Å². The van der Waals surface area contributed by atoms with E-state index >= 15 is 0 Å². The van der Waals surface area contributed by atoms with Gasteiger partial charge in [-0.1, -0.05) is 54.6 Å². The number of aliphatic hydroxyl groups excluding tert-OH is 1. The van der Waals surface area contributed by atoms with Crippen molar-refractivity contribution in [3.8, 4) is 0 Å². The van der Waals surface area contributed by atoms with Gasteiger partial charge in [-0.15, -0.1) is 10.2 Å². The molecule has 1 amide bonds. The van der Waals surface area contributed by atoms with Crippen LogP contribution in [0.3, 0.4) is 0 Å². The molecule has 1 saturated heterocycles. The molecule has 0 aliphatic carbocycles. The number of amides is 1. The zero-order chi connectivity index (χ0) is 21.8. The number of rotatable bonds is 7. The standard InChI is InChI=1S/C24H24N4O3/c1-16-7-5-6-10-19(16)23(30)18-14-28(15-18)22-12-11-20(26-27-22)24(31)25-13-21(29)17-8-3-2-4-9-17/h2-12,18,21,29H,13-15H2,1H3,(H,25,31). The van der Waals surface area contributed by atoms with Crippen LogP contribution in [0, 0.1) is 12.8 Å². The second-order valence-corrected chi connectivity index (χ2v) is 7.69. The SMILES string of the molecule is Cc1ccccc1C(=O)C1CN(c2ccc(C(=O)NCC(O)c3ccccc3)nn2)C1. The number of carbonyl (C=O) groups excluding carboxylic acids is 2. The maximum Gasteiger partial charge on any atom is 0.271 e. The van der Waals surface area contributed by atoms with E-state index in [0.717, 1.165) is 16.7 Å². The Hall–Kier alpha value is -3.58. The van der Waals surface area contributed by atoms with E-state index in [-0.39, 0.29) is 23.9 Å². The summed E-state index contributed by atoms with van der Waals surface area (Å²) in [6.07, 6.45) is -0.791. The third kappa shape index (κ3) is 4.62. The molecule has 1 aromatic heterocycles. The van der Waals surface area contributed by atoms with Gasteiger partial charge in [0.1, 0.15) is 0 Å². The summed E-state index contributed by atoms with van der Waals surface area (Å²) < 4.78 is 0. The van der Waals surface area contributed by atoms with E-state index in [0.29, 0.717) is 18.9 Å². The third-order valence-corrected chi connectivity index (χ3v) is 5.51. The fourth-order valence-corrected chi connectivity index (χ4v) is 3.59. The lowest BCUT2D eigenvalue weighted by Gasteiger charge is -2.39. The summed E-state index contributed by atoms with van der Waals surface area (Å²) in [5.41, 5.74) is 2.66. The number of aryl methyl sites for hydroxylation is 1. The maximum atomic E-state index is 12.7. The number of nitrogens with one attached hydrogen (secondary N) is 1. The highest BCUT2D eigenvalue weighted by Gasteiger charge is 2.34. The van der Waals surface area contributed by atoms with Crippen LogP contribution in [0.5, 0.6) is 0 Å². The molecule has 0 bridgehead atoms. The van der Waals surface area contributed by atoms with Crippen molar-refractivity contribution < 1.29 is 14.7 Å². The first-order chi connectivity index (χ1) is 15.0. The van der Waals surface area contributed by atoms with Gasteiger partial charge in [0.2, 0.25) is 0 Å². The Morgan fingerprint density at radius 1 is 1.03 bits per heavy atom. The fourth-order valence-electron chi connectivity index (χ4n) is 3.59. The summed E-state index contributed by atoms with van der Waals surface area (Å²) in [5, 5.41) is 21.0. The van der Waals surface area contributed by atoms with E-state index in [2.05, 4.69) is 15.5 Å². The van der Waals surface area contributed by atoms with Crippen molar-refractivity contribution in [1.29, 1.82) is 0 Å². The van der Waals surface area contributed by atoms with Crippen LogP contribution in [0.15, 0.2) is 66.7 Å². The normalized spacial score (nSPS) is 14.6. The van der Waals surface area contributed by atoms with Gasteiger partial charge in [0.15, 0.2) is 17.3 Å². The van der Waals surface area contributed by atoms with Gasteiger partial charge in [0.25, 0.3) is 5.91 Å². The molecule has 7 nitrogen and oxygen atoms in total. The predicted molar refractivity (Wildman–Crippen MR) is 117 cm³/mol. The van der Waals surface area contributed by atoms with Crippen LogP contribution in [-0.4, -0.2) is 46.6 Å². The summed E-state index contributed by atoms with van der Waals surface area (Å²) in [5.74, 6) is 0.320. The van der Waals surface area contributed by atoms with Gasteiger partial charge < -0.3 is 15.3 Å². The number of Topliss-reactive ketones (excluding diaryl/α,β-unsaturated/α-hetero) is 1. The number of carbonyl (C=O) groups is 2. The van der Waals surface area contributed by atoms with Crippen molar-refractivity contribution in [1.82, 2.24) is 15.5 Å². The number of anilines is 1. The maximum absolute atomic E-state index is 12.7. The minimum Gasteiger partial charge on any atom is -0.387 e. The van der Waals surface area contributed by atoms with Crippen molar-refractivity contribution >= 4 is 17.5 Å². The number of aliphatic hydroxyl groups is 1. The van der Waals surface area contributed by atoms with Gasteiger partial charge in [0, 0.05) is 25.2 Å². The molecule has 0 spiro atoms. The molecule has 0 radical (unpaired) electrons. The molecule has 0 saturated carbocycles. The molecular formula is C24H24N4O3. The van der Waals surface area contributed by atoms with Gasteiger partial charge in [-0.3, -0.25) is 9.59 Å². The number of nitrogens with zero attached hydrogens (tertiary/aromatic N) is 3. The predicted octanol–water partition coefficient (Wildman–Crippen LogP) is 2.57. The Morgan fingerprint density at radius 3 is 2.42 bits per heavy atom. The Bertz CT molecular complexity index is 1060. The highest BCUT2D eigenvalue weighted by molar-refractivity contribution is 6.00. The van der Waals surface area contributed by atoms with E-state index in [1.54, 1.807) is 24.3 Å². The largest absolute Gasteiger partial charge is 0.387 e. The monoisotopic (exact) mass is 416 g/mol. The molecule has 2 N–H and O–H groups in total. The molecule has 31 heavy (non-hydrogen) atoms. The topological polar surface area (TPSA) is 95.4 Å². The Morgan fingerprint density at radius 2 is 1.74 bits per heavy atom. The number of benzene rings is 2. The van der Waals surface area contributed by atoms with Gasteiger partial charge in [0.05, 0.1) is 12.0 Å². The molecule has 2 heterocycles. The Balaban J connectivity index is 1.29. The molecule has 7 heteroatoms. The summed E-state index contributed by atoms with van der Waals surface area (Å²) in [4.78, 5) is 26.9. The molecule has 158 valence electrons. The lowest BCUT2D eigenvalue weighted by molar-refractivity contribution is 0.0895. The van der Waals surface area contributed by atoms with E-state index in [9.17, 15) is 14.7 Å². The Kier molecular flexibility index (Phi) is 6.04. The lowest BCUT2D eigenvalue weighted by atomic mass is 9.89. The van der Waals surface area contributed by atoms with Crippen LogP contribution >= 0.6 is 0 Å². The van der Waals surface area contributed by atoms with Crippen LogP contribution < -0.4 is 10.2 Å². The van der Waals surface area contributed by atoms with Crippen molar-refractivity contribution in [3.63, 3.8) is 0 Å². The first-order valence-electron chi connectivity index (χ1n) is 10.2. The van der Waals surface area contributed by atoms with Gasteiger partial charge >= 0.3 is 0 Å². The average molecular weight is 416 g/mol. The molecule has 3 aromatic rings. The van der Waals surface area contributed by atoms with Crippen molar-refractivity contribution in [2.24, 2.45) is 5.92 Å². The van der Waals surface area contributed by atoms with Gasteiger partial charge in [-0.2, -0.15) is 0 Å². The molecule has 4 rings (SSSR count). The van der Waals surface area contributed by atoms with Crippen molar-refractivity contribution in [3.05, 3.63) is 89.1 Å². The lowest BCUT2D eigenvalue weighted by Crippen LogP contribution is -2.51. The van der Waals surface area contributed by atoms with Crippen LogP contribution in [0.25, 0.3) is 0 Å². The van der Waals surface area contributed by atoms with Crippen LogP contribution in [-0.2, 0) is 0 Å². The molecule has 1 atom stereocenters. The van der Waals surface area contributed by atoms with Crippen molar-refractivity contribution in [2.75, 3.05) is 24.5 Å². The first kappa shape index (κ1) is 20.7. The summed E-state index contributed by atoms with van der Waals surface area (Å²) >= 11 is 0. The minimum atomic E-state index is -0.791. The van der Waals surface area contributed by atoms with Crippen LogP contribution in [0.2, 0.25) is 0 Å². The number of ketones is 1. The zero-order valence-corrected chi connectivity index (χ0v) is 17.2. The quantitative estimate of drug-likeness (QED) is 0.575. The molecule has 1 aliphatic heterocycles. The smallest absolute Gasteiger partial charge is 0.271 e. The summed E-state index contributed by atoms with van der Waals surface area (Å²) in [6, 6.07) is 20.1. The zero-order valence-electron chi connectivity index (χ0n) is 17.2. The van der Waals surface area contributed by atoms with Gasteiger partial charge in [-0.25, -0.2) is 0 Å². The fraction of sp³-hybridized carbons (Fsp3) is 0.250. The Labute approximate surface area is 180 Å². The summed E-state index contributed by atoms with van der Waals surface area (Å²) in [6.45, 7) is 3.19. The highest BCUT2D eigenvalue weighted by Crippen LogP contribution is 2.26. The average Bonchev–Trinajstić information content (AvgIpc) is 2.77.